The lowest BCUT2D eigenvalue weighted by molar-refractivity contribution is -0.122. The molecule has 26 heavy (non-hydrogen) atoms. The van der Waals surface area contributed by atoms with Gasteiger partial charge in [-0.05, 0) is 46.7 Å². The molecule has 3 N–H and O–H groups in total. The van der Waals surface area contributed by atoms with Gasteiger partial charge in [0.1, 0.15) is 6.17 Å². The van der Waals surface area contributed by atoms with Crippen molar-refractivity contribution in [3.8, 4) is 0 Å². The van der Waals surface area contributed by atoms with Gasteiger partial charge in [0.15, 0.2) is 5.11 Å². The molecule has 1 atom stereocenters. The van der Waals surface area contributed by atoms with Crippen LogP contribution in [0.4, 0.5) is 5.69 Å². The molecular weight excluding hydrogens is 481 g/mol. The third-order valence-corrected chi connectivity index (χ3v) is 5.10. The Morgan fingerprint density at radius 1 is 1.15 bits per heavy atom. The average Bonchev–Trinajstić information content (AvgIpc) is 2.55. The van der Waals surface area contributed by atoms with Crippen LogP contribution in [-0.2, 0) is 4.79 Å². The zero-order valence-corrected chi connectivity index (χ0v) is 19.1. The molecule has 0 aromatic heterocycles. The van der Waals surface area contributed by atoms with Gasteiger partial charge < -0.3 is 16.0 Å². The van der Waals surface area contributed by atoms with Crippen LogP contribution in [0, 0.1) is 0 Å². The zero-order valence-electron chi connectivity index (χ0n) is 14.5. The van der Waals surface area contributed by atoms with Crippen molar-refractivity contribution < 1.29 is 4.79 Å². The number of carbonyl (C=O) groups is 1. The van der Waals surface area contributed by atoms with E-state index in [2.05, 4.69) is 38.8 Å². The van der Waals surface area contributed by atoms with E-state index >= 15 is 0 Å². The van der Waals surface area contributed by atoms with E-state index in [1.54, 1.807) is 0 Å². The Morgan fingerprint density at radius 3 is 2.42 bits per heavy atom. The van der Waals surface area contributed by atoms with Crippen LogP contribution in [0.3, 0.4) is 0 Å². The third kappa shape index (κ3) is 9.60. The van der Waals surface area contributed by atoms with Crippen LogP contribution in [0.2, 0.25) is 0 Å². The average molecular weight is 504 g/mol. The maximum absolute atomic E-state index is 12.1. The van der Waals surface area contributed by atoms with Gasteiger partial charge in [0, 0.05) is 10.9 Å². The maximum Gasteiger partial charge on any atom is 0.228 e. The Hall–Kier alpha value is -0.270. The van der Waals surface area contributed by atoms with E-state index in [1.165, 1.54) is 6.42 Å². The minimum atomic E-state index is -1.75. The monoisotopic (exact) mass is 501 g/mol. The number of para-hydroxylation sites is 1. The first-order chi connectivity index (χ1) is 12.2. The molecule has 0 spiro atoms. The van der Waals surface area contributed by atoms with Crippen LogP contribution in [0.5, 0.6) is 0 Å². The number of amides is 1. The van der Waals surface area contributed by atoms with Gasteiger partial charge in [-0.3, -0.25) is 4.79 Å². The van der Waals surface area contributed by atoms with Crippen LogP contribution in [0.25, 0.3) is 0 Å². The first-order valence-electron chi connectivity index (χ1n) is 8.42. The Labute approximate surface area is 183 Å². The fourth-order valence-corrected chi connectivity index (χ4v) is 3.11. The number of benzene rings is 1. The first kappa shape index (κ1) is 23.8. The van der Waals surface area contributed by atoms with Gasteiger partial charge in [0.25, 0.3) is 0 Å². The van der Waals surface area contributed by atoms with Crippen LogP contribution in [0.1, 0.15) is 45.4 Å². The molecule has 1 aromatic carbocycles. The predicted octanol–water partition coefficient (Wildman–Crippen LogP) is 5.91. The Bertz CT molecular complexity index is 599. The lowest BCUT2D eigenvalue weighted by Gasteiger charge is -2.28. The van der Waals surface area contributed by atoms with Crippen LogP contribution >= 0.6 is 63.0 Å². The van der Waals surface area contributed by atoms with Crippen molar-refractivity contribution in [2.75, 3.05) is 5.32 Å². The third-order valence-electron chi connectivity index (χ3n) is 3.54. The molecule has 1 rings (SSSR count). The van der Waals surface area contributed by atoms with E-state index in [1.807, 2.05) is 24.3 Å². The maximum atomic E-state index is 12.1. The summed E-state index contributed by atoms with van der Waals surface area (Å²) in [5.41, 5.74) is 0.760. The highest BCUT2D eigenvalue weighted by Gasteiger charge is 2.34. The van der Waals surface area contributed by atoms with E-state index in [-0.39, 0.29) is 11.0 Å². The molecule has 0 saturated heterocycles. The molecular formula is C17H23BrCl3N3OS. The normalized spacial score (nSPS) is 12.3. The van der Waals surface area contributed by atoms with Crippen molar-refractivity contribution in [1.82, 2.24) is 10.6 Å². The van der Waals surface area contributed by atoms with Gasteiger partial charge in [-0.25, -0.2) is 0 Å². The summed E-state index contributed by atoms with van der Waals surface area (Å²) < 4.78 is -0.914. The highest BCUT2D eigenvalue weighted by molar-refractivity contribution is 9.10. The molecule has 1 aromatic rings. The van der Waals surface area contributed by atoms with E-state index in [4.69, 9.17) is 47.0 Å². The fourth-order valence-electron chi connectivity index (χ4n) is 2.17. The van der Waals surface area contributed by atoms with Gasteiger partial charge in [-0.2, -0.15) is 0 Å². The quantitative estimate of drug-likeness (QED) is 0.170. The number of rotatable bonds is 9. The molecule has 4 nitrogen and oxygen atoms in total. The molecule has 0 aliphatic heterocycles. The van der Waals surface area contributed by atoms with Crippen molar-refractivity contribution in [3.05, 3.63) is 28.7 Å². The van der Waals surface area contributed by atoms with E-state index in [9.17, 15) is 4.79 Å². The standard InChI is InChI=1S/C17H23BrCl3N3OS/c1-2-3-4-5-6-11-14(25)23-15(17(19,20)21)24-16(26)22-13-10-8-7-9-12(13)18/h7-10,15H,2-6,11H2,1H3,(H,23,25)(H2,22,24,26). The van der Waals surface area contributed by atoms with Gasteiger partial charge in [0.2, 0.25) is 9.70 Å². The topological polar surface area (TPSA) is 53.2 Å². The number of thiocarbonyl (C=S) groups is 1. The number of halogens is 4. The first-order valence-corrected chi connectivity index (χ1v) is 10.8. The number of alkyl halides is 3. The zero-order chi connectivity index (χ0) is 19.6. The molecule has 0 aliphatic rings. The molecule has 0 bridgehead atoms. The number of nitrogens with one attached hydrogen (secondary N) is 3. The summed E-state index contributed by atoms with van der Waals surface area (Å²) in [6.45, 7) is 2.15. The van der Waals surface area contributed by atoms with E-state index in [0.717, 1.165) is 35.8 Å². The molecule has 0 saturated carbocycles. The number of carbonyl (C=O) groups excluding carboxylic acids is 1. The summed E-state index contributed by atoms with van der Waals surface area (Å²) in [6, 6.07) is 7.47. The smallest absolute Gasteiger partial charge is 0.228 e. The highest BCUT2D eigenvalue weighted by atomic mass is 79.9. The number of anilines is 1. The molecule has 146 valence electrons. The largest absolute Gasteiger partial charge is 0.339 e. The number of hydrogen-bond acceptors (Lipinski definition) is 2. The highest BCUT2D eigenvalue weighted by Crippen LogP contribution is 2.29. The molecule has 0 fully saturated rings. The Morgan fingerprint density at radius 2 is 1.81 bits per heavy atom. The predicted molar refractivity (Wildman–Crippen MR) is 119 cm³/mol. The van der Waals surface area contributed by atoms with Crippen molar-refractivity contribution in [3.63, 3.8) is 0 Å². The van der Waals surface area contributed by atoms with Crippen molar-refractivity contribution in [2.45, 2.75) is 55.4 Å². The van der Waals surface area contributed by atoms with Gasteiger partial charge in [-0.15, -0.1) is 0 Å². The number of hydrogen-bond donors (Lipinski definition) is 3. The second-order valence-electron chi connectivity index (χ2n) is 5.78. The van der Waals surface area contributed by atoms with Crippen LogP contribution < -0.4 is 16.0 Å². The SMILES string of the molecule is CCCCCCCC(=O)NC(NC(=S)Nc1ccccc1Br)C(Cl)(Cl)Cl. The van der Waals surface area contributed by atoms with Gasteiger partial charge >= 0.3 is 0 Å². The minimum absolute atomic E-state index is 0.186. The van der Waals surface area contributed by atoms with Crippen LogP contribution in [0.15, 0.2) is 28.7 Å². The lowest BCUT2D eigenvalue weighted by atomic mass is 10.1. The summed E-state index contributed by atoms with van der Waals surface area (Å²) in [4.78, 5) is 12.1. The second kappa shape index (κ2) is 12.2. The Kier molecular flexibility index (Phi) is 11.2. The molecule has 1 amide bonds. The second-order valence-corrected chi connectivity index (χ2v) is 9.42. The molecule has 0 heterocycles. The lowest BCUT2D eigenvalue weighted by Crippen LogP contribution is -2.56. The summed E-state index contributed by atoms with van der Waals surface area (Å²) in [5.74, 6) is -0.186. The van der Waals surface area contributed by atoms with Crippen LogP contribution in [-0.4, -0.2) is 21.0 Å². The fraction of sp³-hybridized carbons (Fsp3) is 0.529. The molecule has 1 unspecified atom stereocenters. The summed E-state index contributed by atoms with van der Waals surface area (Å²) in [5, 5.41) is 8.77. The molecule has 9 heteroatoms. The molecule has 0 radical (unpaired) electrons. The van der Waals surface area contributed by atoms with Gasteiger partial charge in [-0.1, -0.05) is 79.5 Å². The minimum Gasteiger partial charge on any atom is -0.339 e. The summed E-state index contributed by atoms with van der Waals surface area (Å²) in [6.07, 6.45) is 4.71. The van der Waals surface area contributed by atoms with Crippen molar-refractivity contribution >= 4 is 79.7 Å². The Balaban J connectivity index is 2.54. The van der Waals surface area contributed by atoms with E-state index in [0.29, 0.717) is 6.42 Å². The van der Waals surface area contributed by atoms with Crippen molar-refractivity contribution in [2.24, 2.45) is 0 Å². The summed E-state index contributed by atoms with van der Waals surface area (Å²) >= 11 is 26.6. The van der Waals surface area contributed by atoms with Crippen molar-refractivity contribution in [1.29, 1.82) is 0 Å². The summed E-state index contributed by atoms with van der Waals surface area (Å²) in [7, 11) is 0. The van der Waals surface area contributed by atoms with E-state index < -0.39 is 9.96 Å². The molecule has 0 aliphatic carbocycles. The number of unbranched alkanes of at least 4 members (excludes halogenated alkanes) is 4. The van der Waals surface area contributed by atoms with Gasteiger partial charge in [0.05, 0.1) is 5.69 Å².